The van der Waals surface area contributed by atoms with Gasteiger partial charge in [0.25, 0.3) is 0 Å². The standard InChI is InChI=1S/C37H50N2O8S/c1-25(2)23-38(48(41,42)32-16-14-29(43-8)15-17-32)24-34-33(39(37(6,7)46-34)35(40)47-36(3,4)5)19-26-12-11-13-27(18-26)28-20-30(44-9)22-31(21-28)45-10/h11-18,20-22,25,33-34H,19,23-24H2,1-10H3/t33-,34-/m0/s1. The molecule has 10 nitrogen and oxygen atoms in total. The number of sulfonamides is 1. The van der Waals surface area contributed by atoms with E-state index in [1.54, 1.807) is 43.4 Å². The number of hydrogen-bond acceptors (Lipinski definition) is 8. The molecule has 0 N–H and O–H groups in total. The van der Waals surface area contributed by atoms with Crippen molar-refractivity contribution in [3.8, 4) is 28.4 Å². The van der Waals surface area contributed by atoms with Crippen LogP contribution in [0.1, 0.15) is 54.0 Å². The maximum absolute atomic E-state index is 14.1. The normalized spacial score (nSPS) is 17.9. The average molecular weight is 683 g/mol. The quantitative estimate of drug-likeness (QED) is 0.201. The minimum atomic E-state index is -3.93. The van der Waals surface area contributed by atoms with Crippen molar-refractivity contribution >= 4 is 16.1 Å². The Morgan fingerprint density at radius 1 is 0.896 bits per heavy atom. The predicted octanol–water partition coefficient (Wildman–Crippen LogP) is 7.01. The fourth-order valence-corrected chi connectivity index (χ4v) is 7.60. The molecular formula is C37H50N2O8S. The Kier molecular flexibility index (Phi) is 11.4. The highest BCUT2D eigenvalue weighted by Crippen LogP contribution is 2.38. The van der Waals surface area contributed by atoms with Gasteiger partial charge < -0.3 is 23.7 Å². The van der Waals surface area contributed by atoms with Crippen LogP contribution in [0.25, 0.3) is 11.1 Å². The largest absolute Gasteiger partial charge is 0.497 e. The van der Waals surface area contributed by atoms with E-state index >= 15 is 0 Å². The van der Waals surface area contributed by atoms with Crippen molar-refractivity contribution in [2.45, 2.75) is 83.3 Å². The van der Waals surface area contributed by atoms with Crippen molar-refractivity contribution in [3.05, 3.63) is 72.3 Å². The second kappa shape index (κ2) is 14.8. The van der Waals surface area contributed by atoms with E-state index < -0.39 is 39.6 Å². The minimum absolute atomic E-state index is 0.0318. The van der Waals surface area contributed by atoms with E-state index in [0.717, 1.165) is 16.7 Å². The molecule has 48 heavy (non-hydrogen) atoms. The number of hydrogen-bond donors (Lipinski definition) is 0. The summed E-state index contributed by atoms with van der Waals surface area (Å²) in [4.78, 5) is 15.6. The highest BCUT2D eigenvalue weighted by atomic mass is 32.2. The van der Waals surface area contributed by atoms with Crippen LogP contribution in [0, 0.1) is 5.92 Å². The van der Waals surface area contributed by atoms with Gasteiger partial charge in [-0.05, 0) is 100 Å². The third-order valence-electron chi connectivity index (χ3n) is 8.08. The Balaban J connectivity index is 1.75. The topological polar surface area (TPSA) is 104 Å². The number of carbonyl (C=O) groups is 1. The number of carbonyl (C=O) groups excluding carboxylic acids is 1. The van der Waals surface area contributed by atoms with Gasteiger partial charge in [-0.2, -0.15) is 4.31 Å². The maximum Gasteiger partial charge on any atom is 0.412 e. The summed E-state index contributed by atoms with van der Waals surface area (Å²) in [6.07, 6.45) is -0.803. The molecule has 0 unspecified atom stereocenters. The van der Waals surface area contributed by atoms with E-state index in [2.05, 4.69) is 6.07 Å². The van der Waals surface area contributed by atoms with Crippen molar-refractivity contribution < 1.29 is 36.9 Å². The molecule has 11 heteroatoms. The first-order valence-electron chi connectivity index (χ1n) is 16.1. The number of rotatable bonds is 12. The second-order valence-corrected chi connectivity index (χ2v) is 15.9. The Morgan fingerprint density at radius 3 is 2.04 bits per heavy atom. The molecule has 0 spiro atoms. The molecule has 1 aliphatic rings. The Bertz CT molecular complexity index is 1640. The van der Waals surface area contributed by atoms with Gasteiger partial charge in [0.15, 0.2) is 0 Å². The van der Waals surface area contributed by atoms with Crippen LogP contribution in [0.3, 0.4) is 0 Å². The fourth-order valence-electron chi connectivity index (χ4n) is 5.99. The molecule has 0 saturated carbocycles. The molecule has 3 aromatic carbocycles. The summed E-state index contributed by atoms with van der Waals surface area (Å²) in [7, 11) is 0.831. The molecule has 0 aliphatic carbocycles. The van der Waals surface area contributed by atoms with E-state index in [0.29, 0.717) is 23.7 Å². The molecule has 262 valence electrons. The molecule has 0 radical (unpaired) electrons. The smallest absolute Gasteiger partial charge is 0.412 e. The molecule has 2 atom stereocenters. The van der Waals surface area contributed by atoms with Gasteiger partial charge in [-0.3, -0.25) is 4.90 Å². The maximum atomic E-state index is 14.1. The fraction of sp³-hybridized carbons (Fsp3) is 0.486. The lowest BCUT2D eigenvalue weighted by Gasteiger charge is -2.35. The van der Waals surface area contributed by atoms with Gasteiger partial charge in [-0.1, -0.05) is 38.1 Å². The van der Waals surface area contributed by atoms with Crippen LogP contribution in [0.4, 0.5) is 4.79 Å². The summed E-state index contributed by atoms with van der Waals surface area (Å²) >= 11 is 0. The number of nitrogens with zero attached hydrogens (tertiary/aromatic N) is 2. The van der Waals surface area contributed by atoms with E-state index in [1.807, 2.05) is 84.9 Å². The zero-order valence-electron chi connectivity index (χ0n) is 29.8. The lowest BCUT2D eigenvalue weighted by atomic mass is 9.96. The zero-order chi connectivity index (χ0) is 35.4. The zero-order valence-corrected chi connectivity index (χ0v) is 30.6. The molecule has 1 fully saturated rings. The molecule has 1 amide bonds. The molecule has 0 bridgehead atoms. The number of amides is 1. The molecular weight excluding hydrogens is 632 g/mol. The van der Waals surface area contributed by atoms with Crippen LogP contribution in [-0.2, 0) is 25.9 Å². The van der Waals surface area contributed by atoms with Crippen molar-refractivity contribution in [1.82, 2.24) is 9.21 Å². The van der Waals surface area contributed by atoms with E-state index in [9.17, 15) is 13.2 Å². The first-order valence-corrected chi connectivity index (χ1v) is 17.6. The van der Waals surface area contributed by atoms with Crippen LogP contribution in [-0.4, -0.2) is 81.6 Å². The summed E-state index contributed by atoms with van der Waals surface area (Å²) in [5.41, 5.74) is 0.954. The van der Waals surface area contributed by atoms with Crippen molar-refractivity contribution in [3.63, 3.8) is 0 Å². The summed E-state index contributed by atoms with van der Waals surface area (Å²) in [5, 5.41) is 0. The first-order chi connectivity index (χ1) is 22.5. The van der Waals surface area contributed by atoms with Crippen molar-refractivity contribution in [2.24, 2.45) is 5.92 Å². The van der Waals surface area contributed by atoms with Gasteiger partial charge >= 0.3 is 6.09 Å². The lowest BCUT2D eigenvalue weighted by molar-refractivity contribution is -0.0806. The monoisotopic (exact) mass is 682 g/mol. The molecule has 3 aromatic rings. The third kappa shape index (κ3) is 8.80. The summed E-state index contributed by atoms with van der Waals surface area (Å²) in [5.74, 6) is 1.93. The van der Waals surface area contributed by atoms with E-state index in [1.165, 1.54) is 11.4 Å². The summed E-state index contributed by atoms with van der Waals surface area (Å²) in [6, 6.07) is 19.5. The summed E-state index contributed by atoms with van der Waals surface area (Å²) in [6.45, 7) is 13.3. The molecule has 4 rings (SSSR count). The van der Waals surface area contributed by atoms with E-state index in [4.69, 9.17) is 23.7 Å². The SMILES string of the molecule is COc1ccc(S(=O)(=O)N(CC(C)C)C[C@@H]2OC(C)(C)N(C(=O)OC(C)(C)C)[C@H]2Cc2cccc(-c3cc(OC)cc(OC)c3)c2)cc1. The van der Waals surface area contributed by atoms with Crippen LogP contribution in [0.15, 0.2) is 71.6 Å². The van der Waals surface area contributed by atoms with Gasteiger partial charge in [0, 0.05) is 19.2 Å². The van der Waals surface area contributed by atoms with Gasteiger partial charge in [-0.25, -0.2) is 13.2 Å². The summed E-state index contributed by atoms with van der Waals surface area (Å²) < 4.78 is 58.4. The van der Waals surface area contributed by atoms with E-state index in [-0.39, 0.29) is 23.9 Å². The van der Waals surface area contributed by atoms with Crippen molar-refractivity contribution in [2.75, 3.05) is 34.4 Å². The molecule has 1 heterocycles. The van der Waals surface area contributed by atoms with Crippen LogP contribution >= 0.6 is 0 Å². The van der Waals surface area contributed by atoms with Crippen molar-refractivity contribution in [1.29, 1.82) is 0 Å². The van der Waals surface area contributed by atoms with Crippen LogP contribution in [0.5, 0.6) is 17.2 Å². The third-order valence-corrected chi connectivity index (χ3v) is 9.92. The Hall–Kier alpha value is -3.80. The van der Waals surface area contributed by atoms with Crippen LogP contribution in [0.2, 0.25) is 0 Å². The lowest BCUT2D eigenvalue weighted by Crippen LogP contribution is -2.52. The van der Waals surface area contributed by atoms with Crippen LogP contribution < -0.4 is 14.2 Å². The van der Waals surface area contributed by atoms with Gasteiger partial charge in [-0.15, -0.1) is 0 Å². The second-order valence-electron chi connectivity index (χ2n) is 13.9. The Morgan fingerprint density at radius 2 is 1.50 bits per heavy atom. The minimum Gasteiger partial charge on any atom is -0.497 e. The molecule has 0 aromatic heterocycles. The molecule has 1 saturated heterocycles. The predicted molar refractivity (Wildman–Crippen MR) is 186 cm³/mol. The number of methoxy groups -OCH3 is 3. The molecule has 1 aliphatic heterocycles. The average Bonchev–Trinajstić information content (AvgIpc) is 3.27. The number of benzene rings is 3. The van der Waals surface area contributed by atoms with Gasteiger partial charge in [0.2, 0.25) is 10.0 Å². The van der Waals surface area contributed by atoms with Gasteiger partial charge in [0.05, 0.1) is 38.4 Å². The van der Waals surface area contributed by atoms with Gasteiger partial charge in [0.1, 0.15) is 28.6 Å². The highest BCUT2D eigenvalue weighted by Gasteiger charge is 2.52. The first kappa shape index (κ1) is 37.0. The Labute approximate surface area is 285 Å². The highest BCUT2D eigenvalue weighted by molar-refractivity contribution is 7.89. The number of ether oxygens (including phenoxy) is 5.